The van der Waals surface area contributed by atoms with Gasteiger partial charge in [-0.3, -0.25) is 9.88 Å². The number of carbonyl (C=O) groups excluding carboxylic acids is 1. The highest BCUT2D eigenvalue weighted by Crippen LogP contribution is 2.33. The van der Waals surface area contributed by atoms with Gasteiger partial charge in [0.1, 0.15) is 24.7 Å². The Labute approximate surface area is 182 Å². The zero-order valence-corrected chi connectivity index (χ0v) is 17.9. The van der Waals surface area contributed by atoms with Crippen molar-refractivity contribution in [3.63, 3.8) is 0 Å². The monoisotopic (exact) mass is 416 g/mol. The number of benzene rings is 2. The number of aldehydes is 1. The van der Waals surface area contributed by atoms with Crippen molar-refractivity contribution in [3.8, 4) is 5.75 Å². The average Bonchev–Trinajstić information content (AvgIpc) is 2.82. The zero-order valence-electron chi connectivity index (χ0n) is 17.9. The van der Waals surface area contributed by atoms with E-state index in [0.29, 0.717) is 6.61 Å². The van der Waals surface area contributed by atoms with Crippen LogP contribution in [0.5, 0.6) is 5.75 Å². The smallest absolute Gasteiger partial charge is 0.145 e. The maximum atomic E-state index is 11.0. The number of fused-ring (bicyclic) bond motifs is 2. The van der Waals surface area contributed by atoms with Crippen LogP contribution in [0.4, 0.5) is 11.4 Å². The Kier molecular flexibility index (Phi) is 5.47. The van der Waals surface area contributed by atoms with Crippen LogP contribution < -0.4 is 15.0 Å². The third-order valence-electron chi connectivity index (χ3n) is 6.27. The quantitative estimate of drug-likeness (QED) is 0.645. The first-order valence-corrected chi connectivity index (χ1v) is 11.0. The highest BCUT2D eigenvalue weighted by molar-refractivity contribution is 5.92. The van der Waals surface area contributed by atoms with Gasteiger partial charge in [0.2, 0.25) is 0 Å². The van der Waals surface area contributed by atoms with Crippen LogP contribution in [0.15, 0.2) is 48.5 Å². The number of pyridine rings is 1. The normalized spacial score (nSPS) is 18.9. The lowest BCUT2D eigenvalue weighted by atomic mass is 10.1. The lowest BCUT2D eigenvalue weighted by molar-refractivity contribution is -0.109. The number of ether oxygens (including phenoxy) is 1. The van der Waals surface area contributed by atoms with Crippen LogP contribution in [0.3, 0.4) is 0 Å². The van der Waals surface area contributed by atoms with Crippen LogP contribution in [-0.4, -0.2) is 61.5 Å². The molecule has 1 unspecified atom stereocenters. The molecule has 1 fully saturated rings. The first-order chi connectivity index (χ1) is 15.2. The van der Waals surface area contributed by atoms with Crippen LogP contribution in [0.2, 0.25) is 0 Å². The van der Waals surface area contributed by atoms with E-state index >= 15 is 0 Å². The number of anilines is 2. The molecule has 1 aromatic heterocycles. The molecule has 1 saturated heterocycles. The summed E-state index contributed by atoms with van der Waals surface area (Å²) >= 11 is 0. The van der Waals surface area contributed by atoms with Crippen LogP contribution in [0.1, 0.15) is 11.3 Å². The summed E-state index contributed by atoms with van der Waals surface area (Å²) in [4.78, 5) is 20.7. The summed E-state index contributed by atoms with van der Waals surface area (Å²) in [5.74, 6) is 0.901. The number of nitrogens with zero attached hydrogens (tertiary/aromatic N) is 3. The van der Waals surface area contributed by atoms with Gasteiger partial charge in [0.05, 0.1) is 11.2 Å². The molecule has 6 nitrogen and oxygen atoms in total. The maximum absolute atomic E-state index is 11.0. The molecule has 6 heteroatoms. The maximum Gasteiger partial charge on any atom is 0.145 e. The average molecular weight is 417 g/mol. The van der Waals surface area contributed by atoms with E-state index in [4.69, 9.17) is 4.74 Å². The van der Waals surface area contributed by atoms with Gasteiger partial charge < -0.3 is 19.7 Å². The lowest BCUT2D eigenvalue weighted by Gasteiger charge is -2.36. The Balaban J connectivity index is 1.21. The minimum Gasteiger partial charge on any atom is -0.489 e. The molecule has 3 heterocycles. The Morgan fingerprint density at radius 3 is 2.77 bits per heavy atom. The fourth-order valence-corrected chi connectivity index (χ4v) is 4.56. The molecule has 5 rings (SSSR count). The minimum atomic E-state index is -0.260. The van der Waals surface area contributed by atoms with Gasteiger partial charge >= 0.3 is 0 Å². The molecule has 3 aromatic rings. The minimum absolute atomic E-state index is 0.260. The van der Waals surface area contributed by atoms with Crippen molar-refractivity contribution in [2.24, 2.45) is 0 Å². The molecule has 0 radical (unpaired) electrons. The number of carbonyl (C=O) groups is 1. The number of aryl methyl sites for hydroxylation is 1. The summed E-state index contributed by atoms with van der Waals surface area (Å²) in [5.41, 5.74) is 5.53. The molecule has 0 spiro atoms. The van der Waals surface area contributed by atoms with Crippen molar-refractivity contribution in [1.82, 2.24) is 9.88 Å². The molecule has 2 aromatic carbocycles. The van der Waals surface area contributed by atoms with Crippen molar-refractivity contribution in [2.45, 2.75) is 19.4 Å². The third kappa shape index (κ3) is 4.08. The zero-order chi connectivity index (χ0) is 21.2. The molecular weight excluding hydrogens is 388 g/mol. The number of piperazine rings is 1. The van der Waals surface area contributed by atoms with E-state index < -0.39 is 0 Å². The van der Waals surface area contributed by atoms with E-state index in [1.54, 1.807) is 0 Å². The summed E-state index contributed by atoms with van der Waals surface area (Å²) in [6.45, 7) is 7.54. The van der Waals surface area contributed by atoms with E-state index in [2.05, 4.69) is 56.5 Å². The molecule has 31 heavy (non-hydrogen) atoms. The Morgan fingerprint density at radius 2 is 1.94 bits per heavy atom. The van der Waals surface area contributed by atoms with Crippen LogP contribution in [0, 0.1) is 6.92 Å². The number of hydrogen-bond donors (Lipinski definition) is 1. The van der Waals surface area contributed by atoms with Crippen molar-refractivity contribution in [2.75, 3.05) is 49.5 Å². The molecule has 1 atom stereocenters. The Bertz CT molecular complexity index is 1090. The Morgan fingerprint density at radius 1 is 1.10 bits per heavy atom. The molecule has 2 aliphatic rings. The van der Waals surface area contributed by atoms with Crippen molar-refractivity contribution in [3.05, 3.63) is 59.8 Å². The molecule has 160 valence electrons. The molecule has 1 N–H and O–H groups in total. The van der Waals surface area contributed by atoms with Gasteiger partial charge in [0.15, 0.2) is 0 Å². The van der Waals surface area contributed by atoms with Gasteiger partial charge in [0.25, 0.3) is 0 Å². The van der Waals surface area contributed by atoms with E-state index in [0.717, 1.165) is 68.1 Å². The van der Waals surface area contributed by atoms with Gasteiger partial charge in [0, 0.05) is 49.5 Å². The predicted molar refractivity (Wildman–Crippen MR) is 124 cm³/mol. The number of aromatic nitrogens is 1. The summed E-state index contributed by atoms with van der Waals surface area (Å²) in [7, 11) is 0. The lowest BCUT2D eigenvalue weighted by Crippen LogP contribution is -2.47. The Hall–Kier alpha value is -3.12. The highest BCUT2D eigenvalue weighted by atomic mass is 16.5. The van der Waals surface area contributed by atoms with Crippen LogP contribution in [-0.2, 0) is 11.2 Å². The van der Waals surface area contributed by atoms with E-state index in [9.17, 15) is 4.79 Å². The van der Waals surface area contributed by atoms with Crippen LogP contribution >= 0.6 is 0 Å². The first-order valence-electron chi connectivity index (χ1n) is 11.0. The van der Waals surface area contributed by atoms with Gasteiger partial charge in [-0.2, -0.15) is 0 Å². The summed E-state index contributed by atoms with van der Waals surface area (Å²) in [6.07, 6.45) is 1.84. The van der Waals surface area contributed by atoms with E-state index in [-0.39, 0.29) is 6.04 Å². The molecule has 0 saturated carbocycles. The molecule has 0 aliphatic carbocycles. The number of para-hydroxylation sites is 1. The standard InChI is InChI=1S/C25H28N4O2/c1-18-8-9-21-22(26-18)5-3-7-24(21)29-14-12-28(13-15-29)11-10-19-4-2-6-23-25(19)31-17-20(16-30)27-23/h2-9,16,20,27H,10-15,17H2,1H3. The van der Waals surface area contributed by atoms with E-state index in [1.807, 2.05) is 19.1 Å². The number of hydrogen-bond acceptors (Lipinski definition) is 6. The second kappa shape index (κ2) is 8.55. The van der Waals surface area contributed by atoms with Crippen molar-refractivity contribution in [1.29, 1.82) is 0 Å². The number of rotatable bonds is 5. The van der Waals surface area contributed by atoms with Gasteiger partial charge in [-0.25, -0.2) is 0 Å². The van der Waals surface area contributed by atoms with Gasteiger partial charge in [-0.05, 0) is 49.2 Å². The molecular formula is C25H28N4O2. The fourth-order valence-electron chi connectivity index (χ4n) is 4.56. The van der Waals surface area contributed by atoms with Gasteiger partial charge in [-0.15, -0.1) is 0 Å². The van der Waals surface area contributed by atoms with Crippen LogP contribution in [0.25, 0.3) is 10.9 Å². The van der Waals surface area contributed by atoms with E-state index in [1.165, 1.54) is 16.6 Å². The second-order valence-corrected chi connectivity index (χ2v) is 8.37. The van der Waals surface area contributed by atoms with Crippen molar-refractivity contribution < 1.29 is 9.53 Å². The largest absolute Gasteiger partial charge is 0.489 e. The summed E-state index contributed by atoms with van der Waals surface area (Å²) in [5, 5.41) is 4.48. The SMILES string of the molecule is Cc1ccc2c(N3CCN(CCc4cccc5c4OCC(C=O)N5)CC3)cccc2n1. The molecule has 2 aliphatic heterocycles. The molecule has 0 bridgehead atoms. The molecule has 0 amide bonds. The summed E-state index contributed by atoms with van der Waals surface area (Å²) < 4.78 is 5.90. The van der Waals surface area contributed by atoms with Gasteiger partial charge in [-0.1, -0.05) is 18.2 Å². The van der Waals surface area contributed by atoms with Crippen molar-refractivity contribution >= 4 is 28.6 Å². The summed E-state index contributed by atoms with van der Waals surface area (Å²) in [6, 6.07) is 16.6. The third-order valence-corrected chi connectivity index (χ3v) is 6.27. The topological polar surface area (TPSA) is 57.7 Å². The second-order valence-electron chi connectivity index (χ2n) is 8.37. The predicted octanol–water partition coefficient (Wildman–Crippen LogP) is 3.28. The number of nitrogens with one attached hydrogen (secondary N) is 1. The highest BCUT2D eigenvalue weighted by Gasteiger charge is 2.22. The fraction of sp³-hybridized carbons (Fsp3) is 0.360. The first kappa shape index (κ1) is 19.8.